The van der Waals surface area contributed by atoms with Crippen molar-refractivity contribution in [1.29, 1.82) is 0 Å². The average molecular weight is 366 g/mol. The molecule has 5 heteroatoms. The van der Waals surface area contributed by atoms with Crippen molar-refractivity contribution in [2.45, 2.75) is 92.1 Å². The molecule has 26 heavy (non-hydrogen) atoms. The summed E-state index contributed by atoms with van der Waals surface area (Å²) in [4.78, 5) is 23.0. The molecule has 148 valence electrons. The molecule has 1 saturated heterocycles. The number of esters is 2. The van der Waals surface area contributed by atoms with Crippen LogP contribution in [0, 0.1) is 28.6 Å². The van der Waals surface area contributed by atoms with Gasteiger partial charge in [-0.2, -0.15) is 0 Å². The van der Waals surface area contributed by atoms with Crippen LogP contribution in [0.5, 0.6) is 0 Å². The Morgan fingerprint density at radius 2 is 1.54 bits per heavy atom. The Morgan fingerprint density at radius 3 is 2.12 bits per heavy atom. The van der Waals surface area contributed by atoms with Gasteiger partial charge in [-0.05, 0) is 55.3 Å². The van der Waals surface area contributed by atoms with Crippen LogP contribution in [-0.4, -0.2) is 24.5 Å². The van der Waals surface area contributed by atoms with Gasteiger partial charge in [0.15, 0.2) is 0 Å². The van der Waals surface area contributed by atoms with Crippen LogP contribution in [0.25, 0.3) is 0 Å². The van der Waals surface area contributed by atoms with E-state index >= 15 is 0 Å². The maximum atomic E-state index is 11.5. The highest BCUT2D eigenvalue weighted by Gasteiger charge is 2.54. The average Bonchev–Trinajstić information content (AvgIpc) is 2.82. The first-order valence-corrected chi connectivity index (χ1v) is 10.1. The van der Waals surface area contributed by atoms with Gasteiger partial charge in [-0.25, -0.2) is 0 Å². The van der Waals surface area contributed by atoms with Gasteiger partial charge in [0.2, 0.25) is 12.6 Å². The molecule has 0 radical (unpaired) electrons. The fraction of sp³-hybridized carbons (Fsp3) is 0.905. The third-order valence-corrected chi connectivity index (χ3v) is 6.96. The molecule has 0 spiro atoms. The number of hydrogen-bond donors (Lipinski definition) is 0. The zero-order chi connectivity index (χ0) is 19.1. The summed E-state index contributed by atoms with van der Waals surface area (Å²) in [6.45, 7) is 10.0. The minimum absolute atomic E-state index is 0.115. The van der Waals surface area contributed by atoms with Gasteiger partial charge in [0.05, 0.1) is 0 Å². The molecule has 3 rings (SSSR count). The molecular weight excluding hydrogens is 332 g/mol. The highest BCUT2D eigenvalue weighted by Crippen LogP contribution is 2.57. The molecular formula is C21H34O5. The second kappa shape index (κ2) is 7.14. The zero-order valence-corrected chi connectivity index (χ0v) is 16.9. The molecule has 2 saturated carbocycles. The molecule has 6 atom stereocenters. The van der Waals surface area contributed by atoms with Gasteiger partial charge < -0.3 is 14.2 Å². The molecule has 3 aliphatic rings. The van der Waals surface area contributed by atoms with Gasteiger partial charge in [0.25, 0.3) is 0 Å². The van der Waals surface area contributed by atoms with Crippen molar-refractivity contribution in [3.8, 4) is 0 Å². The summed E-state index contributed by atoms with van der Waals surface area (Å²) in [5, 5.41) is 0. The second-order valence-corrected chi connectivity index (χ2v) is 9.78. The van der Waals surface area contributed by atoms with E-state index in [1.54, 1.807) is 0 Å². The molecule has 0 aromatic carbocycles. The number of rotatable bonds is 3. The van der Waals surface area contributed by atoms with Gasteiger partial charge in [-0.3, -0.25) is 9.59 Å². The van der Waals surface area contributed by atoms with Gasteiger partial charge in [-0.15, -0.1) is 0 Å². The first-order chi connectivity index (χ1) is 12.1. The Balaban J connectivity index is 1.75. The van der Waals surface area contributed by atoms with E-state index in [0.29, 0.717) is 16.7 Å². The predicted octanol–water partition coefficient (Wildman–Crippen LogP) is 4.43. The quantitative estimate of drug-likeness (QED) is 0.691. The molecule has 0 bridgehead atoms. The van der Waals surface area contributed by atoms with E-state index in [1.165, 1.54) is 39.5 Å². The van der Waals surface area contributed by atoms with Crippen molar-refractivity contribution in [3.63, 3.8) is 0 Å². The van der Waals surface area contributed by atoms with Crippen molar-refractivity contribution in [2.24, 2.45) is 28.6 Å². The molecule has 3 fully saturated rings. The standard InChI is InChI=1S/C21H34O5/c1-13(22)24-18-16-8-7-15(11-17(16)19(26-18)25-14(2)23)21(5)10-6-9-20(3,4)12-21/h15-19H,6-12H2,1-5H3/t15?,16-,17+,18-,19+,21?/m1/s1. The maximum Gasteiger partial charge on any atom is 0.304 e. The van der Waals surface area contributed by atoms with E-state index < -0.39 is 12.6 Å². The lowest BCUT2D eigenvalue weighted by Gasteiger charge is -2.50. The third kappa shape index (κ3) is 4.08. The normalized spacial score (nSPS) is 42.0. The molecule has 0 aromatic heterocycles. The Morgan fingerprint density at radius 1 is 0.923 bits per heavy atom. The predicted molar refractivity (Wildman–Crippen MR) is 96.9 cm³/mol. The molecule has 0 amide bonds. The van der Waals surface area contributed by atoms with Gasteiger partial charge in [0, 0.05) is 25.7 Å². The number of hydrogen-bond acceptors (Lipinski definition) is 5. The number of ether oxygens (including phenoxy) is 3. The van der Waals surface area contributed by atoms with Gasteiger partial charge in [-0.1, -0.05) is 27.2 Å². The molecule has 1 heterocycles. The number of carbonyl (C=O) groups excluding carboxylic acids is 2. The highest BCUT2D eigenvalue weighted by molar-refractivity contribution is 5.66. The first-order valence-electron chi connectivity index (χ1n) is 10.1. The molecule has 2 unspecified atom stereocenters. The maximum absolute atomic E-state index is 11.5. The Bertz CT molecular complexity index is 557. The Kier molecular flexibility index (Phi) is 5.40. The summed E-state index contributed by atoms with van der Waals surface area (Å²) in [5.41, 5.74) is 0.721. The van der Waals surface area contributed by atoms with E-state index in [2.05, 4.69) is 20.8 Å². The lowest BCUT2D eigenvalue weighted by atomic mass is 9.55. The van der Waals surface area contributed by atoms with E-state index in [9.17, 15) is 9.59 Å². The van der Waals surface area contributed by atoms with Crippen LogP contribution in [0.2, 0.25) is 0 Å². The van der Waals surface area contributed by atoms with Crippen molar-refractivity contribution in [1.82, 2.24) is 0 Å². The smallest absolute Gasteiger partial charge is 0.304 e. The summed E-state index contributed by atoms with van der Waals surface area (Å²) in [6, 6.07) is 0. The first kappa shape index (κ1) is 19.7. The van der Waals surface area contributed by atoms with Crippen LogP contribution >= 0.6 is 0 Å². The summed E-state index contributed by atoms with van der Waals surface area (Å²) >= 11 is 0. The van der Waals surface area contributed by atoms with Crippen molar-refractivity contribution >= 4 is 11.9 Å². The van der Waals surface area contributed by atoms with Crippen LogP contribution < -0.4 is 0 Å². The van der Waals surface area contributed by atoms with E-state index in [4.69, 9.17) is 14.2 Å². The number of fused-ring (bicyclic) bond motifs is 1. The topological polar surface area (TPSA) is 61.8 Å². The molecule has 0 N–H and O–H groups in total. The van der Waals surface area contributed by atoms with Crippen molar-refractivity contribution < 1.29 is 23.8 Å². The van der Waals surface area contributed by atoms with Crippen LogP contribution in [0.1, 0.15) is 79.6 Å². The summed E-state index contributed by atoms with van der Waals surface area (Å²) in [6.07, 6.45) is 6.99. The Labute approximate surface area is 157 Å². The number of carbonyl (C=O) groups is 2. The fourth-order valence-electron chi connectivity index (χ4n) is 5.99. The molecule has 0 aromatic rings. The second-order valence-electron chi connectivity index (χ2n) is 9.78. The van der Waals surface area contributed by atoms with Crippen molar-refractivity contribution in [3.05, 3.63) is 0 Å². The summed E-state index contributed by atoms with van der Waals surface area (Å²) < 4.78 is 16.7. The van der Waals surface area contributed by atoms with Crippen molar-refractivity contribution in [2.75, 3.05) is 0 Å². The lowest BCUT2D eigenvalue weighted by molar-refractivity contribution is -0.214. The van der Waals surface area contributed by atoms with Crippen LogP contribution in [0.3, 0.4) is 0 Å². The van der Waals surface area contributed by atoms with Gasteiger partial charge >= 0.3 is 11.9 Å². The minimum Gasteiger partial charge on any atom is -0.435 e. The fourth-order valence-corrected chi connectivity index (χ4v) is 5.99. The zero-order valence-electron chi connectivity index (χ0n) is 16.9. The Hall–Kier alpha value is -1.10. The van der Waals surface area contributed by atoms with Crippen LogP contribution in [0.4, 0.5) is 0 Å². The van der Waals surface area contributed by atoms with E-state index in [0.717, 1.165) is 19.3 Å². The monoisotopic (exact) mass is 366 g/mol. The van der Waals surface area contributed by atoms with Crippen LogP contribution in [-0.2, 0) is 23.8 Å². The summed E-state index contributed by atoms with van der Waals surface area (Å²) in [5.74, 6) is 0.148. The summed E-state index contributed by atoms with van der Waals surface area (Å²) in [7, 11) is 0. The molecule has 1 aliphatic heterocycles. The highest BCUT2D eigenvalue weighted by atomic mass is 16.8. The van der Waals surface area contributed by atoms with Crippen LogP contribution in [0.15, 0.2) is 0 Å². The molecule has 5 nitrogen and oxygen atoms in total. The largest absolute Gasteiger partial charge is 0.435 e. The lowest BCUT2D eigenvalue weighted by Crippen LogP contribution is -2.42. The van der Waals surface area contributed by atoms with E-state index in [-0.39, 0.29) is 23.8 Å². The SMILES string of the molecule is CC(=O)O[C@H]1O[C@@H](OC(C)=O)[C@@H]2CCC(C3(C)CCCC(C)(C)C3)C[C@H]12. The van der Waals surface area contributed by atoms with E-state index in [1.807, 2.05) is 0 Å². The van der Waals surface area contributed by atoms with Gasteiger partial charge in [0.1, 0.15) is 0 Å². The minimum atomic E-state index is -0.593. The molecule has 2 aliphatic carbocycles. The third-order valence-electron chi connectivity index (χ3n) is 6.96.